The van der Waals surface area contributed by atoms with E-state index in [0.29, 0.717) is 6.04 Å². The van der Waals surface area contributed by atoms with Crippen molar-refractivity contribution in [1.29, 1.82) is 0 Å². The van der Waals surface area contributed by atoms with Gasteiger partial charge in [0.1, 0.15) is 0 Å². The smallest absolute Gasteiger partial charge is 0.160 e. The Labute approximate surface area is 126 Å². The predicted octanol–water partition coefficient (Wildman–Crippen LogP) is 4.41. The van der Waals surface area contributed by atoms with Gasteiger partial charge in [-0.25, -0.2) is 8.78 Å². The van der Waals surface area contributed by atoms with Crippen molar-refractivity contribution in [3.05, 3.63) is 47.8 Å². The normalized spacial score (nSPS) is 15.2. The summed E-state index contributed by atoms with van der Waals surface area (Å²) in [7, 11) is 0. The first-order valence-electron chi connectivity index (χ1n) is 7.43. The molecule has 0 spiro atoms. The van der Waals surface area contributed by atoms with Gasteiger partial charge in [0.05, 0.1) is 23.1 Å². The van der Waals surface area contributed by atoms with Gasteiger partial charge in [-0.15, -0.1) is 0 Å². The van der Waals surface area contributed by atoms with Crippen LogP contribution in [-0.2, 0) is 0 Å². The molecule has 3 nitrogen and oxygen atoms in total. The molecule has 1 aromatic carbocycles. The SMILES string of the molecule is Cc1cc(-c2cc3cc(F)c(F)cc3n2C2CCC2)cnn1. The van der Waals surface area contributed by atoms with E-state index in [1.54, 1.807) is 6.20 Å². The second-order valence-electron chi connectivity index (χ2n) is 5.90. The van der Waals surface area contributed by atoms with Gasteiger partial charge < -0.3 is 4.57 Å². The Morgan fingerprint density at radius 1 is 1.09 bits per heavy atom. The first-order valence-corrected chi connectivity index (χ1v) is 7.43. The van der Waals surface area contributed by atoms with Gasteiger partial charge in [-0.2, -0.15) is 10.2 Å². The third-order valence-electron chi connectivity index (χ3n) is 4.39. The number of nitrogens with zero attached hydrogens (tertiary/aromatic N) is 3. The van der Waals surface area contributed by atoms with Crippen molar-refractivity contribution in [1.82, 2.24) is 14.8 Å². The molecule has 5 heteroatoms. The molecule has 0 radical (unpaired) electrons. The van der Waals surface area contributed by atoms with Crippen molar-refractivity contribution < 1.29 is 8.78 Å². The second kappa shape index (κ2) is 4.87. The van der Waals surface area contributed by atoms with Crippen LogP contribution in [0.25, 0.3) is 22.2 Å². The molecule has 0 amide bonds. The topological polar surface area (TPSA) is 30.7 Å². The molecule has 0 unspecified atom stereocenters. The van der Waals surface area contributed by atoms with E-state index in [1.807, 2.05) is 19.1 Å². The average molecular weight is 299 g/mol. The van der Waals surface area contributed by atoms with Gasteiger partial charge in [-0.3, -0.25) is 0 Å². The molecule has 0 N–H and O–H groups in total. The maximum Gasteiger partial charge on any atom is 0.160 e. The van der Waals surface area contributed by atoms with E-state index in [4.69, 9.17) is 0 Å². The number of halogens is 2. The van der Waals surface area contributed by atoms with Crippen LogP contribution in [0, 0.1) is 18.6 Å². The van der Waals surface area contributed by atoms with E-state index in [1.165, 1.54) is 18.6 Å². The van der Waals surface area contributed by atoms with Gasteiger partial charge in [-0.05, 0) is 44.4 Å². The summed E-state index contributed by atoms with van der Waals surface area (Å²) in [6.45, 7) is 1.88. The van der Waals surface area contributed by atoms with Crippen LogP contribution in [0.15, 0.2) is 30.5 Å². The molecule has 4 rings (SSSR count). The molecule has 1 saturated carbocycles. The fraction of sp³-hybridized carbons (Fsp3) is 0.294. The van der Waals surface area contributed by atoms with Crippen LogP contribution in [0.3, 0.4) is 0 Å². The Hall–Kier alpha value is -2.30. The number of aromatic nitrogens is 3. The minimum absolute atomic E-state index is 0.339. The summed E-state index contributed by atoms with van der Waals surface area (Å²) in [4.78, 5) is 0. The fourth-order valence-electron chi connectivity index (χ4n) is 3.10. The Morgan fingerprint density at radius 3 is 2.55 bits per heavy atom. The lowest BCUT2D eigenvalue weighted by Crippen LogP contribution is -2.17. The average Bonchev–Trinajstić information content (AvgIpc) is 2.77. The first kappa shape index (κ1) is 13.4. The summed E-state index contributed by atoms with van der Waals surface area (Å²) in [5.74, 6) is -1.62. The van der Waals surface area contributed by atoms with Gasteiger partial charge >= 0.3 is 0 Å². The quantitative estimate of drug-likeness (QED) is 0.701. The predicted molar refractivity (Wildman–Crippen MR) is 80.5 cm³/mol. The summed E-state index contributed by atoms with van der Waals surface area (Å²) in [6, 6.07) is 6.76. The van der Waals surface area contributed by atoms with Gasteiger partial charge in [-0.1, -0.05) is 0 Å². The molecule has 0 bridgehead atoms. The zero-order valence-electron chi connectivity index (χ0n) is 12.2. The lowest BCUT2D eigenvalue weighted by atomic mass is 9.92. The van der Waals surface area contributed by atoms with Crippen LogP contribution in [0.5, 0.6) is 0 Å². The Balaban J connectivity index is 2.00. The highest BCUT2D eigenvalue weighted by molar-refractivity contribution is 5.87. The molecular weight excluding hydrogens is 284 g/mol. The zero-order valence-corrected chi connectivity index (χ0v) is 12.2. The van der Waals surface area contributed by atoms with Crippen molar-refractivity contribution >= 4 is 10.9 Å². The maximum absolute atomic E-state index is 13.7. The number of rotatable bonds is 2. The third-order valence-corrected chi connectivity index (χ3v) is 4.39. The molecule has 0 aliphatic heterocycles. The van der Waals surface area contributed by atoms with Crippen molar-refractivity contribution in [3.8, 4) is 11.3 Å². The van der Waals surface area contributed by atoms with Crippen molar-refractivity contribution in [2.24, 2.45) is 0 Å². The highest BCUT2D eigenvalue weighted by Gasteiger charge is 2.25. The fourth-order valence-corrected chi connectivity index (χ4v) is 3.10. The first-order chi connectivity index (χ1) is 10.6. The number of fused-ring (bicyclic) bond motifs is 1. The van der Waals surface area contributed by atoms with E-state index in [2.05, 4.69) is 14.8 Å². The van der Waals surface area contributed by atoms with Crippen LogP contribution in [0.2, 0.25) is 0 Å². The third kappa shape index (κ3) is 2.00. The molecule has 1 fully saturated rings. The van der Waals surface area contributed by atoms with Crippen molar-refractivity contribution in [2.75, 3.05) is 0 Å². The highest BCUT2D eigenvalue weighted by atomic mass is 19.2. The number of hydrogen-bond acceptors (Lipinski definition) is 2. The van der Waals surface area contributed by atoms with Crippen molar-refractivity contribution in [2.45, 2.75) is 32.2 Å². The molecular formula is C17H15F2N3. The van der Waals surface area contributed by atoms with Gasteiger partial charge in [0.15, 0.2) is 11.6 Å². The molecule has 2 heterocycles. The Kier molecular flexibility index (Phi) is 2.96. The Bertz CT molecular complexity index is 866. The summed E-state index contributed by atoms with van der Waals surface area (Å²) in [6.07, 6.45) is 4.99. The largest absolute Gasteiger partial charge is 0.337 e. The minimum atomic E-state index is -0.811. The van der Waals surface area contributed by atoms with E-state index in [-0.39, 0.29) is 0 Å². The van der Waals surface area contributed by atoms with Gasteiger partial charge in [0.25, 0.3) is 0 Å². The molecule has 2 aromatic heterocycles. The van der Waals surface area contributed by atoms with E-state index in [0.717, 1.165) is 40.7 Å². The van der Waals surface area contributed by atoms with E-state index < -0.39 is 11.6 Å². The van der Waals surface area contributed by atoms with Gasteiger partial charge in [0, 0.05) is 23.1 Å². The van der Waals surface area contributed by atoms with Crippen molar-refractivity contribution in [3.63, 3.8) is 0 Å². The second-order valence-corrected chi connectivity index (χ2v) is 5.90. The number of aryl methyl sites for hydroxylation is 1. The lowest BCUT2D eigenvalue weighted by Gasteiger charge is -2.30. The summed E-state index contributed by atoms with van der Waals surface area (Å²) in [5, 5.41) is 8.69. The standard InChI is InChI=1S/C17H15F2N3/c1-10-5-12(9-20-21-10)16-7-11-6-14(18)15(19)8-17(11)22(16)13-3-2-4-13/h5-9,13H,2-4H2,1H3. The van der Waals surface area contributed by atoms with Crippen LogP contribution in [0.1, 0.15) is 31.0 Å². The van der Waals surface area contributed by atoms with Gasteiger partial charge in [0.2, 0.25) is 0 Å². The lowest BCUT2D eigenvalue weighted by molar-refractivity contribution is 0.324. The molecule has 1 aliphatic rings. The zero-order chi connectivity index (χ0) is 15.3. The molecule has 0 atom stereocenters. The Morgan fingerprint density at radius 2 is 1.86 bits per heavy atom. The number of benzene rings is 1. The molecule has 22 heavy (non-hydrogen) atoms. The van der Waals surface area contributed by atoms with E-state index >= 15 is 0 Å². The minimum Gasteiger partial charge on any atom is -0.337 e. The summed E-state index contributed by atoms with van der Waals surface area (Å²) < 4.78 is 29.3. The molecule has 0 saturated heterocycles. The number of hydrogen-bond donors (Lipinski definition) is 0. The highest BCUT2D eigenvalue weighted by Crippen LogP contribution is 2.40. The van der Waals surface area contributed by atoms with Crippen LogP contribution >= 0.6 is 0 Å². The maximum atomic E-state index is 13.7. The van der Waals surface area contributed by atoms with Crippen LogP contribution in [0.4, 0.5) is 8.78 Å². The molecule has 3 aromatic rings. The molecule has 1 aliphatic carbocycles. The summed E-state index contributed by atoms with van der Waals surface area (Å²) >= 11 is 0. The monoisotopic (exact) mass is 299 g/mol. The van der Waals surface area contributed by atoms with Crippen LogP contribution in [-0.4, -0.2) is 14.8 Å². The van der Waals surface area contributed by atoms with E-state index in [9.17, 15) is 8.78 Å². The summed E-state index contributed by atoms with van der Waals surface area (Å²) in [5.41, 5.74) is 3.44. The van der Waals surface area contributed by atoms with Crippen LogP contribution < -0.4 is 0 Å². The molecule has 112 valence electrons.